The molecule has 1 aliphatic carbocycles. The van der Waals surface area contributed by atoms with Crippen LogP contribution in [-0.2, 0) is 14.3 Å². The predicted molar refractivity (Wildman–Crippen MR) is 99.8 cm³/mol. The van der Waals surface area contributed by atoms with Crippen LogP contribution in [0.2, 0.25) is 0 Å². The normalized spacial score (nSPS) is 33.3. The van der Waals surface area contributed by atoms with E-state index in [1.807, 2.05) is 6.07 Å². The Bertz CT molecular complexity index is 856. The van der Waals surface area contributed by atoms with Gasteiger partial charge in [0.15, 0.2) is 17.6 Å². The number of carbonyl (C=O) groups excluding carboxylic acids is 2. The molecule has 3 heterocycles. The molecule has 1 saturated heterocycles. The molecule has 4 aliphatic rings. The molecule has 0 radical (unpaired) electrons. The van der Waals surface area contributed by atoms with Crippen molar-refractivity contribution in [1.82, 2.24) is 4.90 Å². The van der Waals surface area contributed by atoms with Crippen LogP contribution in [-0.4, -0.2) is 66.7 Å². The summed E-state index contributed by atoms with van der Waals surface area (Å²) in [5, 5.41) is 9.88. The number of likely N-dealkylation sites (N-methyl/N-ethyl adjacent to an activating group) is 1. The summed E-state index contributed by atoms with van der Waals surface area (Å²) in [7, 11) is 2.08. The Morgan fingerprint density at radius 2 is 2.10 bits per heavy atom. The highest BCUT2D eigenvalue weighted by molar-refractivity contribution is 5.94. The van der Waals surface area contributed by atoms with E-state index in [9.17, 15) is 14.7 Å². The number of aliphatic hydroxyl groups excluding tert-OH is 1. The van der Waals surface area contributed by atoms with Gasteiger partial charge in [0.05, 0.1) is 5.56 Å². The SMILES string of the molecule is CC[C@@H](O)C(=O)O[C@H]1C[C@H]2CCN(C)[C@H]2[C@@H]2c3cc4c(cc3C(=O)O[C@H]21)OCO4. The van der Waals surface area contributed by atoms with Crippen molar-refractivity contribution in [3.63, 3.8) is 0 Å². The minimum absolute atomic E-state index is 0.127. The van der Waals surface area contributed by atoms with Crippen LogP contribution in [0.4, 0.5) is 0 Å². The first-order valence-electron chi connectivity index (χ1n) is 10.2. The summed E-state index contributed by atoms with van der Waals surface area (Å²) in [6.07, 6.45) is -0.457. The van der Waals surface area contributed by atoms with Crippen LogP contribution in [0.25, 0.3) is 0 Å². The quantitative estimate of drug-likeness (QED) is 0.758. The number of rotatable bonds is 3. The number of benzene rings is 1. The summed E-state index contributed by atoms with van der Waals surface area (Å²) in [5.41, 5.74) is 1.34. The molecule has 0 bridgehead atoms. The highest BCUT2D eigenvalue weighted by Gasteiger charge is 2.55. The van der Waals surface area contributed by atoms with Gasteiger partial charge in [0, 0.05) is 12.0 Å². The second kappa shape index (κ2) is 6.88. The number of hydrogen-bond donors (Lipinski definition) is 1. The van der Waals surface area contributed by atoms with Crippen LogP contribution in [0.3, 0.4) is 0 Å². The molecule has 156 valence electrons. The Labute approximate surface area is 168 Å². The molecular weight excluding hydrogens is 378 g/mol. The number of nitrogens with zero attached hydrogens (tertiary/aromatic N) is 1. The Kier molecular flexibility index (Phi) is 4.43. The lowest BCUT2D eigenvalue weighted by Crippen LogP contribution is -2.56. The minimum atomic E-state index is -1.17. The molecule has 1 saturated carbocycles. The molecule has 8 nitrogen and oxygen atoms in total. The van der Waals surface area contributed by atoms with Crippen molar-refractivity contribution in [2.24, 2.45) is 5.92 Å². The summed E-state index contributed by atoms with van der Waals surface area (Å²) in [4.78, 5) is 27.4. The highest BCUT2D eigenvalue weighted by atomic mass is 16.7. The third kappa shape index (κ3) is 2.88. The monoisotopic (exact) mass is 403 g/mol. The van der Waals surface area contributed by atoms with Crippen molar-refractivity contribution in [2.45, 2.75) is 56.5 Å². The Morgan fingerprint density at radius 3 is 2.86 bits per heavy atom. The zero-order valence-electron chi connectivity index (χ0n) is 16.5. The van der Waals surface area contributed by atoms with Crippen molar-refractivity contribution >= 4 is 11.9 Å². The molecule has 8 heteroatoms. The van der Waals surface area contributed by atoms with Crippen LogP contribution in [0, 0.1) is 5.92 Å². The summed E-state index contributed by atoms with van der Waals surface area (Å²) in [6.45, 7) is 2.78. The van der Waals surface area contributed by atoms with Crippen molar-refractivity contribution in [2.75, 3.05) is 20.4 Å². The second-order valence-corrected chi connectivity index (χ2v) is 8.34. The molecule has 1 N–H and O–H groups in total. The lowest BCUT2D eigenvalue weighted by Gasteiger charge is -2.48. The first kappa shape index (κ1) is 18.7. The van der Waals surface area contributed by atoms with Crippen LogP contribution >= 0.6 is 0 Å². The van der Waals surface area contributed by atoms with Gasteiger partial charge in [0.1, 0.15) is 12.2 Å². The van der Waals surface area contributed by atoms with Gasteiger partial charge in [0.2, 0.25) is 6.79 Å². The molecule has 3 aliphatic heterocycles. The van der Waals surface area contributed by atoms with Gasteiger partial charge in [-0.3, -0.25) is 0 Å². The number of likely N-dealkylation sites (tertiary alicyclic amines) is 1. The van der Waals surface area contributed by atoms with E-state index < -0.39 is 30.3 Å². The van der Waals surface area contributed by atoms with E-state index in [2.05, 4.69) is 11.9 Å². The zero-order chi connectivity index (χ0) is 20.3. The first-order valence-corrected chi connectivity index (χ1v) is 10.2. The Morgan fingerprint density at radius 1 is 1.34 bits per heavy atom. The molecule has 2 fully saturated rings. The number of carbonyl (C=O) groups is 2. The summed E-state index contributed by atoms with van der Waals surface area (Å²) < 4.78 is 22.5. The molecule has 1 aromatic carbocycles. The van der Waals surface area contributed by atoms with Gasteiger partial charge in [-0.15, -0.1) is 0 Å². The van der Waals surface area contributed by atoms with E-state index in [1.165, 1.54) is 0 Å². The van der Waals surface area contributed by atoms with Gasteiger partial charge in [0.25, 0.3) is 0 Å². The van der Waals surface area contributed by atoms with E-state index >= 15 is 0 Å². The molecule has 1 aromatic rings. The third-order valence-electron chi connectivity index (χ3n) is 6.76. The van der Waals surface area contributed by atoms with Gasteiger partial charge in [-0.25, -0.2) is 9.59 Å². The smallest absolute Gasteiger partial charge is 0.338 e. The number of esters is 2. The molecule has 5 rings (SSSR count). The highest BCUT2D eigenvalue weighted by Crippen LogP contribution is 2.51. The fraction of sp³-hybridized carbons (Fsp3) is 0.619. The lowest BCUT2D eigenvalue weighted by molar-refractivity contribution is -0.172. The average Bonchev–Trinajstić information content (AvgIpc) is 3.32. The average molecular weight is 403 g/mol. The van der Waals surface area contributed by atoms with E-state index in [1.54, 1.807) is 13.0 Å². The van der Waals surface area contributed by atoms with Gasteiger partial charge < -0.3 is 29.0 Å². The van der Waals surface area contributed by atoms with E-state index in [0.29, 0.717) is 29.4 Å². The van der Waals surface area contributed by atoms with E-state index in [-0.39, 0.29) is 25.2 Å². The number of fused-ring (bicyclic) bond motifs is 6. The Hall–Kier alpha value is -2.32. The van der Waals surface area contributed by atoms with Crippen molar-refractivity contribution < 1.29 is 33.6 Å². The number of ether oxygens (including phenoxy) is 4. The fourth-order valence-corrected chi connectivity index (χ4v) is 5.35. The summed E-state index contributed by atoms with van der Waals surface area (Å²) >= 11 is 0. The summed E-state index contributed by atoms with van der Waals surface area (Å²) in [6, 6.07) is 3.75. The van der Waals surface area contributed by atoms with E-state index in [0.717, 1.165) is 18.5 Å². The zero-order valence-corrected chi connectivity index (χ0v) is 16.5. The third-order valence-corrected chi connectivity index (χ3v) is 6.76. The molecule has 0 amide bonds. The fourth-order valence-electron chi connectivity index (χ4n) is 5.35. The maximum atomic E-state index is 12.8. The van der Waals surface area contributed by atoms with Crippen LogP contribution in [0.15, 0.2) is 12.1 Å². The van der Waals surface area contributed by atoms with Crippen molar-refractivity contribution in [3.05, 3.63) is 23.3 Å². The van der Waals surface area contributed by atoms with Gasteiger partial charge in [-0.1, -0.05) is 6.92 Å². The molecule has 0 spiro atoms. The minimum Gasteiger partial charge on any atom is -0.456 e. The number of hydrogen-bond acceptors (Lipinski definition) is 8. The van der Waals surface area contributed by atoms with Gasteiger partial charge >= 0.3 is 11.9 Å². The van der Waals surface area contributed by atoms with Crippen molar-refractivity contribution in [1.29, 1.82) is 0 Å². The van der Waals surface area contributed by atoms with Gasteiger partial charge in [-0.2, -0.15) is 0 Å². The first-order chi connectivity index (χ1) is 14.0. The predicted octanol–water partition coefficient (Wildman–Crippen LogP) is 1.44. The maximum absolute atomic E-state index is 12.8. The molecule has 0 aromatic heterocycles. The summed E-state index contributed by atoms with van der Waals surface area (Å²) in [5.74, 6) is 0.229. The van der Waals surface area contributed by atoms with E-state index in [4.69, 9.17) is 18.9 Å². The van der Waals surface area contributed by atoms with Crippen LogP contribution in [0.1, 0.15) is 48.0 Å². The standard InChI is InChI=1S/C21H25NO7/c1-3-13(23)21(25)28-16-6-10-4-5-22(2)18(10)17-11-7-14-15(27-9-26-14)8-12(11)20(24)29-19(16)17/h7-8,10,13,16-19,23H,3-6,9H2,1-2H3/t10-,13-,16+,17+,18-,19+/m1/s1. The molecular formula is C21H25NO7. The largest absolute Gasteiger partial charge is 0.456 e. The molecule has 0 unspecified atom stereocenters. The van der Waals surface area contributed by atoms with Crippen LogP contribution < -0.4 is 9.47 Å². The second-order valence-electron chi connectivity index (χ2n) is 8.34. The topological polar surface area (TPSA) is 94.5 Å². The van der Waals surface area contributed by atoms with Gasteiger partial charge in [-0.05, 0) is 56.5 Å². The lowest BCUT2D eigenvalue weighted by atomic mass is 9.69. The van der Waals surface area contributed by atoms with Crippen molar-refractivity contribution in [3.8, 4) is 11.5 Å². The number of aliphatic hydroxyl groups is 1. The molecule has 6 atom stereocenters. The molecule has 29 heavy (non-hydrogen) atoms. The Balaban J connectivity index is 1.55. The van der Waals surface area contributed by atoms with Crippen LogP contribution in [0.5, 0.6) is 11.5 Å². The maximum Gasteiger partial charge on any atom is 0.338 e.